The molecule has 1 saturated heterocycles. The largest absolute Gasteiger partial charge is 0.376 e. The topological polar surface area (TPSA) is 120 Å². The molecule has 11 heteroatoms. The molecule has 1 aliphatic heterocycles. The first-order valence-electron chi connectivity index (χ1n) is 11.6. The van der Waals surface area contributed by atoms with Crippen LogP contribution >= 0.6 is 11.8 Å². The maximum Gasteiger partial charge on any atom is 0.262 e. The van der Waals surface area contributed by atoms with Gasteiger partial charge in [0, 0.05) is 32.2 Å². The van der Waals surface area contributed by atoms with Crippen LogP contribution < -0.4 is 16.2 Å². The van der Waals surface area contributed by atoms with E-state index in [4.69, 9.17) is 4.74 Å². The highest BCUT2D eigenvalue weighted by atomic mass is 32.2. The molecule has 1 aromatic carbocycles. The van der Waals surface area contributed by atoms with Gasteiger partial charge in [0.15, 0.2) is 5.16 Å². The third-order valence-electron chi connectivity index (χ3n) is 5.94. The maximum atomic E-state index is 13.2. The van der Waals surface area contributed by atoms with Crippen molar-refractivity contribution in [3.8, 4) is 0 Å². The molecule has 0 radical (unpaired) electrons. The van der Waals surface area contributed by atoms with E-state index >= 15 is 0 Å². The van der Waals surface area contributed by atoms with Crippen molar-refractivity contribution in [1.29, 1.82) is 0 Å². The first kappa shape index (κ1) is 24.2. The number of ether oxygens (including phenoxy) is 1. The molecule has 3 aromatic rings. The van der Waals surface area contributed by atoms with Gasteiger partial charge in [-0.1, -0.05) is 30.8 Å². The smallest absolute Gasteiger partial charge is 0.262 e. The van der Waals surface area contributed by atoms with E-state index in [-0.39, 0.29) is 48.2 Å². The second kappa shape index (κ2) is 11.0. The fraction of sp³-hybridized carbons (Fsp3) is 0.522. The van der Waals surface area contributed by atoms with Gasteiger partial charge in [-0.3, -0.25) is 23.4 Å². The van der Waals surface area contributed by atoms with Gasteiger partial charge in [0.25, 0.3) is 5.56 Å². The first-order valence-corrected chi connectivity index (χ1v) is 12.6. The molecule has 0 bridgehead atoms. The lowest BCUT2D eigenvalue weighted by Gasteiger charge is -2.13. The Labute approximate surface area is 201 Å². The third-order valence-corrected chi connectivity index (χ3v) is 6.87. The Morgan fingerprint density at radius 2 is 2.09 bits per heavy atom. The Morgan fingerprint density at radius 3 is 2.85 bits per heavy atom. The van der Waals surface area contributed by atoms with Crippen molar-refractivity contribution in [1.82, 2.24) is 29.8 Å². The lowest BCUT2D eigenvalue weighted by atomic mass is 10.2. The number of hydrogen-bond donors (Lipinski definition) is 2. The number of benzene rings is 1. The SMILES string of the molecule is CC[C@H](C)NC(=O)CCn1c(=O)c2ccccc2n2c(SCC(=O)NC[C@H]3CCCO3)nnc12. The number of fused-ring (bicyclic) bond motifs is 3. The summed E-state index contributed by atoms with van der Waals surface area (Å²) in [5.74, 6) is 0.279. The van der Waals surface area contributed by atoms with Gasteiger partial charge in [-0.05, 0) is 38.3 Å². The summed E-state index contributed by atoms with van der Waals surface area (Å²) in [6, 6.07) is 7.28. The molecule has 3 heterocycles. The molecule has 2 N–H and O–H groups in total. The van der Waals surface area contributed by atoms with E-state index in [0.29, 0.717) is 28.4 Å². The number of hydrogen-bond acceptors (Lipinski definition) is 7. The van der Waals surface area contributed by atoms with Crippen LogP contribution in [-0.2, 0) is 20.9 Å². The van der Waals surface area contributed by atoms with Crippen LogP contribution in [0.25, 0.3) is 16.7 Å². The highest BCUT2D eigenvalue weighted by Gasteiger charge is 2.19. The summed E-state index contributed by atoms with van der Waals surface area (Å²) in [4.78, 5) is 37.9. The lowest BCUT2D eigenvalue weighted by Crippen LogP contribution is -2.33. The van der Waals surface area contributed by atoms with E-state index < -0.39 is 0 Å². The van der Waals surface area contributed by atoms with Crippen molar-refractivity contribution in [3.63, 3.8) is 0 Å². The van der Waals surface area contributed by atoms with Gasteiger partial charge in [0.05, 0.1) is 22.8 Å². The number of carbonyl (C=O) groups is 2. The highest BCUT2D eigenvalue weighted by molar-refractivity contribution is 7.99. The normalized spacial score (nSPS) is 16.7. The van der Waals surface area contributed by atoms with Gasteiger partial charge < -0.3 is 15.4 Å². The monoisotopic (exact) mass is 486 g/mol. The number of carbonyl (C=O) groups excluding carboxylic acids is 2. The molecule has 0 spiro atoms. The molecule has 2 amide bonds. The summed E-state index contributed by atoms with van der Waals surface area (Å²) in [7, 11) is 0. The molecule has 0 aliphatic carbocycles. The number of para-hydroxylation sites is 1. The third kappa shape index (κ3) is 5.41. The van der Waals surface area contributed by atoms with Crippen LogP contribution in [0.2, 0.25) is 0 Å². The fourth-order valence-corrected chi connectivity index (χ4v) is 4.68. The van der Waals surface area contributed by atoms with E-state index in [1.54, 1.807) is 16.5 Å². The number of rotatable bonds is 10. The summed E-state index contributed by atoms with van der Waals surface area (Å²) in [5, 5.41) is 15.3. The molecule has 182 valence electrons. The molecule has 2 atom stereocenters. The van der Waals surface area contributed by atoms with Gasteiger partial charge in [0.1, 0.15) is 0 Å². The summed E-state index contributed by atoms with van der Waals surface area (Å²) < 4.78 is 8.80. The number of amides is 2. The summed E-state index contributed by atoms with van der Waals surface area (Å²) in [6.07, 6.45) is 3.05. The number of nitrogens with one attached hydrogen (secondary N) is 2. The number of thioether (sulfide) groups is 1. The number of aromatic nitrogens is 4. The van der Waals surface area contributed by atoms with Crippen LogP contribution in [0.5, 0.6) is 0 Å². The summed E-state index contributed by atoms with van der Waals surface area (Å²) in [5.41, 5.74) is 0.438. The van der Waals surface area contributed by atoms with Crippen molar-refractivity contribution < 1.29 is 14.3 Å². The van der Waals surface area contributed by atoms with Crippen LogP contribution in [0.15, 0.2) is 34.2 Å². The van der Waals surface area contributed by atoms with Gasteiger partial charge in [0.2, 0.25) is 17.6 Å². The zero-order valence-corrected chi connectivity index (χ0v) is 20.3. The second-order valence-electron chi connectivity index (χ2n) is 8.45. The van der Waals surface area contributed by atoms with Crippen molar-refractivity contribution in [2.24, 2.45) is 0 Å². The molecular formula is C23H30N6O4S. The minimum atomic E-state index is -0.224. The summed E-state index contributed by atoms with van der Waals surface area (Å²) >= 11 is 1.25. The van der Waals surface area contributed by atoms with Crippen molar-refractivity contribution >= 4 is 40.3 Å². The fourth-order valence-electron chi connectivity index (χ4n) is 3.91. The minimum absolute atomic E-state index is 0.0725. The zero-order valence-electron chi connectivity index (χ0n) is 19.5. The average Bonchev–Trinajstić information content (AvgIpc) is 3.51. The van der Waals surface area contributed by atoms with Crippen molar-refractivity contribution in [3.05, 3.63) is 34.6 Å². The van der Waals surface area contributed by atoms with E-state index in [9.17, 15) is 14.4 Å². The van der Waals surface area contributed by atoms with E-state index in [0.717, 1.165) is 25.9 Å². The number of aryl methyl sites for hydroxylation is 1. The van der Waals surface area contributed by atoms with Crippen molar-refractivity contribution in [2.45, 2.75) is 63.4 Å². The lowest BCUT2D eigenvalue weighted by molar-refractivity contribution is -0.122. The van der Waals surface area contributed by atoms with Crippen LogP contribution in [0.3, 0.4) is 0 Å². The second-order valence-corrected chi connectivity index (χ2v) is 9.39. The highest BCUT2D eigenvalue weighted by Crippen LogP contribution is 2.21. The van der Waals surface area contributed by atoms with Gasteiger partial charge in [-0.15, -0.1) is 10.2 Å². The zero-order chi connectivity index (χ0) is 24.1. The molecule has 0 saturated carbocycles. The van der Waals surface area contributed by atoms with Crippen LogP contribution in [0.4, 0.5) is 0 Å². The van der Waals surface area contributed by atoms with Gasteiger partial charge >= 0.3 is 0 Å². The van der Waals surface area contributed by atoms with Crippen LogP contribution in [0, 0.1) is 0 Å². The Morgan fingerprint density at radius 1 is 1.26 bits per heavy atom. The molecular weight excluding hydrogens is 456 g/mol. The molecule has 2 aromatic heterocycles. The standard InChI is InChI=1S/C23H30N6O4S/c1-3-15(2)25-19(30)10-11-28-21(32)17-8-4-5-9-18(17)29-22(28)26-27-23(29)34-14-20(31)24-13-16-7-6-12-33-16/h4-5,8-9,15-16H,3,6-7,10-14H2,1-2H3,(H,24,31)(H,25,30)/t15-,16+/m0/s1. The predicted octanol–water partition coefficient (Wildman–Crippen LogP) is 1.74. The Kier molecular flexibility index (Phi) is 7.84. The molecule has 4 rings (SSSR count). The molecule has 1 fully saturated rings. The van der Waals surface area contributed by atoms with Crippen LogP contribution in [-0.4, -0.2) is 62.0 Å². The predicted molar refractivity (Wildman–Crippen MR) is 130 cm³/mol. The van der Waals surface area contributed by atoms with E-state index in [1.807, 2.05) is 26.0 Å². The quantitative estimate of drug-likeness (QED) is 0.419. The Hall–Kier alpha value is -2.92. The van der Waals surface area contributed by atoms with Gasteiger partial charge in [-0.25, -0.2) is 0 Å². The van der Waals surface area contributed by atoms with E-state index in [2.05, 4.69) is 20.8 Å². The van der Waals surface area contributed by atoms with Crippen LogP contribution in [0.1, 0.15) is 39.5 Å². The van der Waals surface area contributed by atoms with E-state index in [1.165, 1.54) is 16.3 Å². The molecule has 0 unspecified atom stereocenters. The maximum absolute atomic E-state index is 13.2. The Balaban J connectivity index is 1.55. The first-order chi connectivity index (χ1) is 16.5. The van der Waals surface area contributed by atoms with Gasteiger partial charge in [-0.2, -0.15) is 0 Å². The summed E-state index contributed by atoms with van der Waals surface area (Å²) in [6.45, 7) is 5.37. The Bertz CT molecular complexity index is 1230. The molecule has 1 aliphatic rings. The average molecular weight is 487 g/mol. The minimum Gasteiger partial charge on any atom is -0.376 e. The number of nitrogens with zero attached hydrogens (tertiary/aromatic N) is 4. The molecule has 10 nitrogen and oxygen atoms in total. The molecule has 34 heavy (non-hydrogen) atoms. The van der Waals surface area contributed by atoms with Crippen molar-refractivity contribution in [2.75, 3.05) is 18.9 Å².